The zero-order valence-corrected chi connectivity index (χ0v) is 17.4. The molecule has 5 nitrogen and oxygen atoms in total. The van der Waals surface area contributed by atoms with Gasteiger partial charge in [-0.25, -0.2) is 4.98 Å². The second-order valence-corrected chi connectivity index (χ2v) is 8.16. The van der Waals surface area contributed by atoms with Gasteiger partial charge in [0.05, 0.1) is 6.54 Å². The Morgan fingerprint density at radius 1 is 1.31 bits per heavy atom. The molecule has 1 saturated heterocycles. The van der Waals surface area contributed by atoms with Crippen LogP contribution in [0, 0.1) is 0 Å². The molecule has 1 aromatic heterocycles. The van der Waals surface area contributed by atoms with Gasteiger partial charge in [0.15, 0.2) is 11.7 Å². The summed E-state index contributed by atoms with van der Waals surface area (Å²) in [5.74, 6) is 0.586. The van der Waals surface area contributed by atoms with Gasteiger partial charge in [0.1, 0.15) is 5.01 Å². The maximum atomic E-state index is 12.7. The van der Waals surface area contributed by atoms with E-state index in [-0.39, 0.29) is 12.6 Å². The molecule has 9 heteroatoms. The van der Waals surface area contributed by atoms with Crippen molar-refractivity contribution in [1.29, 1.82) is 0 Å². The van der Waals surface area contributed by atoms with Gasteiger partial charge in [-0.2, -0.15) is 13.2 Å². The lowest BCUT2D eigenvalue weighted by atomic mass is 9.97. The van der Waals surface area contributed by atoms with Crippen LogP contribution in [0.15, 0.2) is 40.7 Å². The molecule has 1 aromatic carbocycles. The predicted octanol–water partition coefficient (Wildman–Crippen LogP) is 3.88. The summed E-state index contributed by atoms with van der Waals surface area (Å²) in [6, 6.07) is 11.1. The molecule has 2 unspecified atom stereocenters. The van der Waals surface area contributed by atoms with Crippen LogP contribution in [-0.4, -0.2) is 41.5 Å². The second kappa shape index (κ2) is 9.58. The molecule has 1 aliphatic heterocycles. The SMILES string of the molecule is CN=C(NCc1nc(C(F)(F)F)cs1)NC1CCN(Cc2ccccc2)C(C)C1. The number of rotatable bonds is 5. The zero-order chi connectivity index (χ0) is 20.9. The van der Waals surface area contributed by atoms with E-state index in [2.05, 4.69) is 56.7 Å². The smallest absolute Gasteiger partial charge is 0.354 e. The number of hydrogen-bond donors (Lipinski definition) is 2. The number of halogens is 3. The molecule has 0 radical (unpaired) electrons. The average Bonchev–Trinajstić information content (AvgIpc) is 3.17. The molecule has 29 heavy (non-hydrogen) atoms. The lowest BCUT2D eigenvalue weighted by Gasteiger charge is -2.38. The number of piperidine rings is 1. The van der Waals surface area contributed by atoms with Crippen molar-refractivity contribution >= 4 is 17.3 Å². The Labute approximate surface area is 173 Å². The van der Waals surface area contributed by atoms with Gasteiger partial charge >= 0.3 is 6.18 Å². The highest BCUT2D eigenvalue weighted by molar-refractivity contribution is 7.09. The van der Waals surface area contributed by atoms with Gasteiger partial charge in [-0.15, -0.1) is 11.3 Å². The minimum atomic E-state index is -4.40. The van der Waals surface area contributed by atoms with Crippen molar-refractivity contribution in [1.82, 2.24) is 20.5 Å². The van der Waals surface area contributed by atoms with E-state index in [0.717, 1.165) is 42.6 Å². The molecule has 2 N–H and O–H groups in total. The van der Waals surface area contributed by atoms with Crippen molar-refractivity contribution in [3.8, 4) is 0 Å². The number of alkyl halides is 3. The van der Waals surface area contributed by atoms with Crippen LogP contribution in [0.4, 0.5) is 13.2 Å². The number of benzene rings is 1. The van der Waals surface area contributed by atoms with E-state index in [1.807, 2.05) is 6.07 Å². The third-order valence-corrected chi connectivity index (χ3v) is 5.90. The lowest BCUT2D eigenvalue weighted by Crippen LogP contribution is -2.51. The van der Waals surface area contributed by atoms with Crippen molar-refractivity contribution in [2.75, 3.05) is 13.6 Å². The predicted molar refractivity (Wildman–Crippen MR) is 110 cm³/mol. The van der Waals surface area contributed by atoms with Crippen LogP contribution < -0.4 is 10.6 Å². The molecule has 2 heterocycles. The fraction of sp³-hybridized carbons (Fsp3) is 0.500. The standard InChI is InChI=1S/C20H26F3N5S/c1-14-10-16(8-9-28(14)12-15-6-4-3-5-7-15)26-19(24-2)25-11-18-27-17(13-29-18)20(21,22)23/h3-7,13-14,16H,8-12H2,1-2H3,(H2,24,25,26). The average molecular weight is 426 g/mol. The number of nitrogens with one attached hydrogen (secondary N) is 2. The number of hydrogen-bond acceptors (Lipinski definition) is 4. The Bertz CT molecular complexity index is 806. The highest BCUT2D eigenvalue weighted by Crippen LogP contribution is 2.29. The van der Waals surface area contributed by atoms with E-state index < -0.39 is 11.9 Å². The molecule has 0 spiro atoms. The van der Waals surface area contributed by atoms with Crippen LogP contribution in [-0.2, 0) is 19.3 Å². The maximum absolute atomic E-state index is 12.7. The van der Waals surface area contributed by atoms with E-state index in [1.54, 1.807) is 7.05 Å². The molecule has 158 valence electrons. The molecular weight excluding hydrogens is 399 g/mol. The Kier molecular flexibility index (Phi) is 7.13. The van der Waals surface area contributed by atoms with E-state index in [9.17, 15) is 13.2 Å². The highest BCUT2D eigenvalue weighted by atomic mass is 32.1. The third kappa shape index (κ3) is 6.17. The topological polar surface area (TPSA) is 52.6 Å². The van der Waals surface area contributed by atoms with Crippen molar-refractivity contribution < 1.29 is 13.2 Å². The van der Waals surface area contributed by atoms with Gasteiger partial charge in [-0.3, -0.25) is 9.89 Å². The normalized spacial score (nSPS) is 21.2. The summed E-state index contributed by atoms with van der Waals surface area (Å²) in [4.78, 5) is 10.3. The summed E-state index contributed by atoms with van der Waals surface area (Å²) >= 11 is 0.993. The summed E-state index contributed by atoms with van der Waals surface area (Å²) in [6.45, 7) is 4.35. The molecule has 1 aliphatic rings. The maximum Gasteiger partial charge on any atom is 0.434 e. The fourth-order valence-corrected chi connectivity index (χ4v) is 4.21. The van der Waals surface area contributed by atoms with Gasteiger partial charge in [-0.05, 0) is 25.3 Å². The third-order valence-electron chi connectivity index (χ3n) is 5.06. The summed E-state index contributed by atoms with van der Waals surface area (Å²) in [5, 5.41) is 7.88. The van der Waals surface area contributed by atoms with E-state index in [4.69, 9.17) is 0 Å². The Balaban J connectivity index is 1.47. The number of likely N-dealkylation sites (tertiary alicyclic amines) is 1. The van der Waals surface area contributed by atoms with Crippen LogP contribution in [0.3, 0.4) is 0 Å². The molecule has 2 aromatic rings. The highest BCUT2D eigenvalue weighted by Gasteiger charge is 2.33. The summed E-state index contributed by atoms with van der Waals surface area (Å²) < 4.78 is 38.0. The zero-order valence-electron chi connectivity index (χ0n) is 16.5. The molecule has 0 saturated carbocycles. The molecule has 2 atom stereocenters. The minimum Gasteiger partial charge on any atom is -0.354 e. The van der Waals surface area contributed by atoms with E-state index >= 15 is 0 Å². The minimum absolute atomic E-state index is 0.211. The van der Waals surface area contributed by atoms with Crippen molar-refractivity contribution in [2.24, 2.45) is 4.99 Å². The Morgan fingerprint density at radius 2 is 2.07 bits per heavy atom. The summed E-state index contributed by atoms with van der Waals surface area (Å²) in [6.07, 6.45) is -2.45. The van der Waals surface area contributed by atoms with Crippen molar-refractivity contribution in [3.63, 3.8) is 0 Å². The van der Waals surface area contributed by atoms with Gasteiger partial charge in [0, 0.05) is 37.6 Å². The number of nitrogens with zero attached hydrogens (tertiary/aromatic N) is 3. The van der Waals surface area contributed by atoms with Crippen molar-refractivity contribution in [3.05, 3.63) is 52.0 Å². The van der Waals surface area contributed by atoms with Crippen LogP contribution in [0.25, 0.3) is 0 Å². The number of guanidine groups is 1. The number of aliphatic imine (C=N–C) groups is 1. The second-order valence-electron chi connectivity index (χ2n) is 7.22. The first-order valence-electron chi connectivity index (χ1n) is 9.62. The molecule has 0 aliphatic carbocycles. The Morgan fingerprint density at radius 3 is 2.69 bits per heavy atom. The number of aromatic nitrogens is 1. The quantitative estimate of drug-likeness (QED) is 0.564. The summed E-state index contributed by atoms with van der Waals surface area (Å²) in [7, 11) is 1.66. The Hall–Kier alpha value is -2.13. The molecule has 3 rings (SSSR count). The fourth-order valence-electron chi connectivity index (χ4n) is 3.47. The summed E-state index contributed by atoms with van der Waals surface area (Å²) in [5.41, 5.74) is 0.465. The van der Waals surface area contributed by atoms with Crippen LogP contribution in [0.2, 0.25) is 0 Å². The van der Waals surface area contributed by atoms with Crippen LogP contribution >= 0.6 is 11.3 Å². The molecule has 0 amide bonds. The first-order valence-corrected chi connectivity index (χ1v) is 10.5. The van der Waals surface area contributed by atoms with Crippen molar-refractivity contribution in [2.45, 2.75) is 51.1 Å². The van der Waals surface area contributed by atoms with Gasteiger partial charge in [0.2, 0.25) is 0 Å². The van der Waals surface area contributed by atoms with Crippen LogP contribution in [0.5, 0.6) is 0 Å². The molecule has 1 fully saturated rings. The van der Waals surface area contributed by atoms with E-state index in [1.165, 1.54) is 5.56 Å². The largest absolute Gasteiger partial charge is 0.434 e. The van der Waals surface area contributed by atoms with Gasteiger partial charge in [-0.1, -0.05) is 30.3 Å². The van der Waals surface area contributed by atoms with E-state index in [0.29, 0.717) is 17.0 Å². The molecule has 0 bridgehead atoms. The lowest BCUT2D eigenvalue weighted by molar-refractivity contribution is -0.140. The van der Waals surface area contributed by atoms with Crippen LogP contribution in [0.1, 0.15) is 36.0 Å². The monoisotopic (exact) mass is 425 g/mol. The first-order chi connectivity index (χ1) is 13.8. The molecular formula is C20H26F3N5S. The number of thiazole rings is 1. The van der Waals surface area contributed by atoms with Gasteiger partial charge in [0.25, 0.3) is 0 Å². The van der Waals surface area contributed by atoms with Gasteiger partial charge < -0.3 is 10.6 Å². The first kappa shape index (κ1) is 21.6.